The SMILES string of the molecule is CCCc1cc(C2=CCC(c3ccc(OCCOCC4CO4)cc3)CC2)ccc1OCCOCC1CO1. The third-order valence-electron chi connectivity index (χ3n) is 7.11. The number of benzene rings is 2. The highest BCUT2D eigenvalue weighted by molar-refractivity contribution is 5.68. The van der Waals surface area contributed by atoms with E-state index in [4.69, 9.17) is 28.4 Å². The summed E-state index contributed by atoms with van der Waals surface area (Å²) < 4.78 is 33.3. The summed E-state index contributed by atoms with van der Waals surface area (Å²) in [6.07, 6.45) is 8.47. The zero-order chi connectivity index (χ0) is 25.3. The van der Waals surface area contributed by atoms with E-state index >= 15 is 0 Å². The molecule has 1 aliphatic carbocycles. The van der Waals surface area contributed by atoms with Gasteiger partial charge in [0.25, 0.3) is 0 Å². The molecular weight excluding hydrogens is 468 g/mol. The lowest BCUT2D eigenvalue weighted by Gasteiger charge is -2.23. The highest BCUT2D eigenvalue weighted by atomic mass is 16.6. The molecular formula is C31H40O6. The van der Waals surface area contributed by atoms with Crippen LogP contribution in [0, 0.1) is 0 Å². The van der Waals surface area contributed by atoms with Crippen LogP contribution in [0.2, 0.25) is 0 Å². The Kier molecular flexibility index (Phi) is 9.52. The first-order chi connectivity index (χ1) is 18.3. The van der Waals surface area contributed by atoms with E-state index < -0.39 is 0 Å². The van der Waals surface area contributed by atoms with E-state index in [0.29, 0.717) is 57.8 Å². The molecule has 3 atom stereocenters. The fourth-order valence-electron chi connectivity index (χ4n) is 4.81. The average Bonchev–Trinajstić information content (AvgIpc) is 3.86. The minimum absolute atomic E-state index is 0.301. The van der Waals surface area contributed by atoms with Crippen LogP contribution in [0.4, 0.5) is 0 Å². The molecule has 2 saturated heterocycles. The van der Waals surface area contributed by atoms with Gasteiger partial charge in [-0.05, 0) is 78.1 Å². The zero-order valence-electron chi connectivity index (χ0n) is 22.0. The van der Waals surface area contributed by atoms with Crippen molar-refractivity contribution in [1.82, 2.24) is 0 Å². The summed E-state index contributed by atoms with van der Waals surface area (Å²) in [5, 5.41) is 0. The summed E-state index contributed by atoms with van der Waals surface area (Å²) in [6, 6.07) is 15.3. The van der Waals surface area contributed by atoms with Crippen LogP contribution in [0.1, 0.15) is 55.2 Å². The minimum Gasteiger partial charge on any atom is -0.491 e. The Bertz CT molecular complexity index is 1010. The van der Waals surface area contributed by atoms with Crippen LogP contribution in [-0.2, 0) is 25.4 Å². The highest BCUT2D eigenvalue weighted by Crippen LogP contribution is 2.37. The maximum atomic E-state index is 6.06. The van der Waals surface area contributed by atoms with E-state index in [2.05, 4.69) is 55.5 Å². The van der Waals surface area contributed by atoms with Crippen molar-refractivity contribution in [3.8, 4) is 11.5 Å². The predicted octanol–water partition coefficient (Wildman–Crippen LogP) is 5.58. The van der Waals surface area contributed by atoms with E-state index in [0.717, 1.165) is 56.8 Å². The Labute approximate surface area is 220 Å². The number of epoxide rings is 2. The van der Waals surface area contributed by atoms with Gasteiger partial charge in [-0.1, -0.05) is 37.6 Å². The molecule has 0 radical (unpaired) electrons. The fourth-order valence-corrected chi connectivity index (χ4v) is 4.81. The van der Waals surface area contributed by atoms with Gasteiger partial charge in [-0.3, -0.25) is 0 Å². The lowest BCUT2D eigenvalue weighted by atomic mass is 9.82. The van der Waals surface area contributed by atoms with Crippen molar-refractivity contribution in [3.63, 3.8) is 0 Å². The highest BCUT2D eigenvalue weighted by Gasteiger charge is 2.23. The minimum atomic E-state index is 0.301. The largest absolute Gasteiger partial charge is 0.491 e. The molecule has 0 saturated carbocycles. The van der Waals surface area contributed by atoms with Gasteiger partial charge in [-0.15, -0.1) is 0 Å². The summed E-state index contributed by atoms with van der Waals surface area (Å²) in [6.45, 7) is 7.53. The number of rotatable bonds is 16. The zero-order valence-corrected chi connectivity index (χ0v) is 22.0. The molecule has 2 fully saturated rings. The molecule has 2 aromatic rings. The normalized spacial score (nSPS) is 22.4. The number of ether oxygens (including phenoxy) is 6. The molecule has 0 amide bonds. The molecule has 200 valence electrons. The average molecular weight is 509 g/mol. The van der Waals surface area contributed by atoms with E-state index in [9.17, 15) is 0 Å². The summed E-state index contributed by atoms with van der Waals surface area (Å²) in [7, 11) is 0. The quantitative estimate of drug-likeness (QED) is 0.218. The second-order valence-electron chi connectivity index (χ2n) is 10.1. The Morgan fingerprint density at radius 2 is 1.54 bits per heavy atom. The second kappa shape index (κ2) is 13.4. The summed E-state index contributed by atoms with van der Waals surface area (Å²) in [5.74, 6) is 2.44. The van der Waals surface area contributed by atoms with Gasteiger partial charge in [0.05, 0.1) is 39.6 Å². The van der Waals surface area contributed by atoms with Crippen molar-refractivity contribution < 1.29 is 28.4 Å². The number of allylic oxidation sites excluding steroid dienone is 2. The van der Waals surface area contributed by atoms with Gasteiger partial charge in [-0.2, -0.15) is 0 Å². The first-order valence-electron chi connectivity index (χ1n) is 13.8. The van der Waals surface area contributed by atoms with Crippen LogP contribution in [0.3, 0.4) is 0 Å². The van der Waals surface area contributed by atoms with E-state index in [1.165, 1.54) is 22.3 Å². The van der Waals surface area contributed by atoms with Gasteiger partial charge >= 0.3 is 0 Å². The molecule has 0 spiro atoms. The first kappa shape index (κ1) is 26.2. The Morgan fingerprint density at radius 3 is 2.16 bits per heavy atom. The number of hydrogen-bond donors (Lipinski definition) is 0. The lowest BCUT2D eigenvalue weighted by Crippen LogP contribution is -2.11. The van der Waals surface area contributed by atoms with Gasteiger partial charge in [0.15, 0.2) is 0 Å². The van der Waals surface area contributed by atoms with E-state index in [1.807, 2.05) is 0 Å². The summed E-state index contributed by atoms with van der Waals surface area (Å²) in [4.78, 5) is 0. The number of hydrogen-bond acceptors (Lipinski definition) is 6. The van der Waals surface area contributed by atoms with Crippen LogP contribution in [-0.4, -0.2) is 65.1 Å². The van der Waals surface area contributed by atoms with Crippen LogP contribution < -0.4 is 9.47 Å². The lowest BCUT2D eigenvalue weighted by molar-refractivity contribution is 0.0875. The van der Waals surface area contributed by atoms with Crippen molar-refractivity contribution in [1.29, 1.82) is 0 Å². The molecule has 3 unspecified atom stereocenters. The van der Waals surface area contributed by atoms with Gasteiger partial charge in [0, 0.05) is 0 Å². The Balaban J connectivity index is 1.09. The fraction of sp³-hybridized carbons (Fsp3) is 0.548. The van der Waals surface area contributed by atoms with Crippen molar-refractivity contribution >= 4 is 5.57 Å². The third kappa shape index (κ3) is 8.30. The topological polar surface area (TPSA) is 62.0 Å². The molecule has 6 heteroatoms. The molecule has 3 aliphatic rings. The maximum Gasteiger partial charge on any atom is 0.122 e. The van der Waals surface area contributed by atoms with E-state index in [1.54, 1.807) is 0 Å². The van der Waals surface area contributed by atoms with Crippen molar-refractivity contribution in [2.24, 2.45) is 0 Å². The molecule has 5 rings (SSSR count). The summed E-state index contributed by atoms with van der Waals surface area (Å²) in [5.41, 5.74) is 5.45. The van der Waals surface area contributed by atoms with Gasteiger partial charge < -0.3 is 28.4 Å². The standard InChI is InChI=1S/C31H40O6/c1-2-3-27-18-26(10-13-31(27)35-17-15-33-20-30-22-37-30)25-6-4-23(5-7-25)24-8-11-28(12-9-24)34-16-14-32-19-29-21-36-29/h6,8-13,18,23,29-30H,2-5,7,14-17,19-22H2,1H3. The molecule has 0 bridgehead atoms. The van der Waals surface area contributed by atoms with Crippen LogP contribution in [0.25, 0.3) is 5.57 Å². The molecule has 6 nitrogen and oxygen atoms in total. The van der Waals surface area contributed by atoms with Crippen LogP contribution in [0.15, 0.2) is 48.5 Å². The Morgan fingerprint density at radius 1 is 0.838 bits per heavy atom. The smallest absolute Gasteiger partial charge is 0.122 e. The first-order valence-corrected chi connectivity index (χ1v) is 13.8. The van der Waals surface area contributed by atoms with Crippen LogP contribution in [0.5, 0.6) is 11.5 Å². The summed E-state index contributed by atoms with van der Waals surface area (Å²) >= 11 is 0. The van der Waals surface area contributed by atoms with Crippen molar-refractivity contribution in [2.45, 2.75) is 57.2 Å². The number of aryl methyl sites for hydroxylation is 1. The van der Waals surface area contributed by atoms with Crippen molar-refractivity contribution in [3.05, 3.63) is 65.2 Å². The predicted molar refractivity (Wildman–Crippen MR) is 144 cm³/mol. The van der Waals surface area contributed by atoms with Crippen molar-refractivity contribution in [2.75, 3.05) is 52.9 Å². The Hall–Kier alpha value is -2.38. The molecule has 37 heavy (non-hydrogen) atoms. The molecule has 2 heterocycles. The monoisotopic (exact) mass is 508 g/mol. The molecule has 2 aromatic carbocycles. The second-order valence-corrected chi connectivity index (χ2v) is 10.1. The third-order valence-corrected chi connectivity index (χ3v) is 7.11. The van der Waals surface area contributed by atoms with Gasteiger partial charge in [0.2, 0.25) is 0 Å². The molecule has 2 aliphatic heterocycles. The van der Waals surface area contributed by atoms with Crippen LogP contribution >= 0.6 is 0 Å². The van der Waals surface area contributed by atoms with E-state index in [-0.39, 0.29) is 0 Å². The van der Waals surface area contributed by atoms with Gasteiger partial charge in [-0.25, -0.2) is 0 Å². The van der Waals surface area contributed by atoms with Gasteiger partial charge in [0.1, 0.15) is 36.9 Å². The molecule has 0 N–H and O–H groups in total. The maximum absolute atomic E-state index is 6.06. The molecule has 0 aromatic heterocycles.